The molecule has 0 aliphatic heterocycles. The fourth-order valence-electron chi connectivity index (χ4n) is 1.87. The van der Waals surface area contributed by atoms with Crippen LogP contribution >= 0.6 is 11.3 Å². The van der Waals surface area contributed by atoms with Crippen molar-refractivity contribution in [3.05, 3.63) is 63.9 Å². The van der Waals surface area contributed by atoms with E-state index in [2.05, 4.69) is 5.32 Å². The van der Waals surface area contributed by atoms with Gasteiger partial charge in [-0.3, -0.25) is 0 Å². The molecule has 0 saturated carbocycles. The predicted molar refractivity (Wildman–Crippen MR) is 88.5 cm³/mol. The lowest BCUT2D eigenvalue weighted by Crippen LogP contribution is -2.24. The van der Waals surface area contributed by atoms with Crippen molar-refractivity contribution in [1.29, 1.82) is 0 Å². The molecule has 0 aliphatic rings. The maximum atomic E-state index is 11.5. The van der Waals surface area contributed by atoms with E-state index in [1.165, 1.54) is 11.3 Å². The van der Waals surface area contributed by atoms with Crippen molar-refractivity contribution in [2.75, 3.05) is 6.54 Å². The highest BCUT2D eigenvalue weighted by atomic mass is 32.1. The summed E-state index contributed by atoms with van der Waals surface area (Å²) in [5.41, 5.74) is 1.99. The van der Waals surface area contributed by atoms with Gasteiger partial charge in [-0.05, 0) is 29.0 Å². The average molecular weight is 317 g/mol. The Bertz CT molecular complexity index is 607. The number of benzene rings is 1. The van der Waals surface area contributed by atoms with Gasteiger partial charge >= 0.3 is 6.09 Å². The monoisotopic (exact) mass is 317 g/mol. The molecule has 2 N–H and O–H groups in total. The number of rotatable bonds is 7. The number of thiophene rings is 1. The number of nitrogens with one attached hydrogen (secondary N) is 1. The summed E-state index contributed by atoms with van der Waals surface area (Å²) in [4.78, 5) is 12.5. The van der Waals surface area contributed by atoms with Gasteiger partial charge in [0.15, 0.2) is 0 Å². The van der Waals surface area contributed by atoms with Crippen LogP contribution in [-0.4, -0.2) is 17.7 Å². The van der Waals surface area contributed by atoms with Crippen molar-refractivity contribution < 1.29 is 14.6 Å². The van der Waals surface area contributed by atoms with E-state index in [0.29, 0.717) is 13.0 Å². The normalized spacial score (nSPS) is 10.8. The van der Waals surface area contributed by atoms with Crippen molar-refractivity contribution in [1.82, 2.24) is 5.32 Å². The number of aliphatic hydroxyl groups excluding tert-OH is 1. The van der Waals surface area contributed by atoms with E-state index in [-0.39, 0.29) is 13.2 Å². The molecule has 1 amide bonds. The molecule has 0 unspecified atom stereocenters. The number of hydrogen-bond donors (Lipinski definition) is 2. The highest BCUT2D eigenvalue weighted by Crippen LogP contribution is 2.18. The molecule has 0 atom stereocenters. The van der Waals surface area contributed by atoms with Gasteiger partial charge in [0, 0.05) is 11.4 Å². The summed E-state index contributed by atoms with van der Waals surface area (Å²) in [5, 5.41) is 13.8. The summed E-state index contributed by atoms with van der Waals surface area (Å²) < 4.78 is 5.11. The second kappa shape index (κ2) is 9.02. The quantitative estimate of drug-likeness (QED) is 0.768. The molecule has 2 aromatic rings. The Labute approximate surface area is 134 Å². The van der Waals surface area contributed by atoms with E-state index in [9.17, 15) is 4.79 Å². The van der Waals surface area contributed by atoms with Crippen LogP contribution in [0.25, 0.3) is 6.08 Å². The topological polar surface area (TPSA) is 58.6 Å². The third kappa shape index (κ3) is 5.35. The second-order valence-electron chi connectivity index (χ2n) is 4.64. The van der Waals surface area contributed by atoms with Crippen LogP contribution in [0.15, 0.2) is 47.9 Å². The molecule has 1 aromatic carbocycles. The Hall–Kier alpha value is -2.11. The Morgan fingerprint density at radius 2 is 2.09 bits per heavy atom. The fraction of sp³-hybridized carbons (Fsp3) is 0.235. The van der Waals surface area contributed by atoms with Crippen LogP contribution in [0, 0.1) is 0 Å². The lowest BCUT2D eigenvalue weighted by molar-refractivity contribution is 0.140. The van der Waals surface area contributed by atoms with Crippen molar-refractivity contribution in [3.8, 4) is 0 Å². The van der Waals surface area contributed by atoms with Gasteiger partial charge in [0.25, 0.3) is 0 Å². The van der Waals surface area contributed by atoms with Gasteiger partial charge in [-0.15, -0.1) is 11.3 Å². The number of amides is 1. The van der Waals surface area contributed by atoms with Crippen molar-refractivity contribution in [2.24, 2.45) is 0 Å². The zero-order valence-electron chi connectivity index (χ0n) is 12.2. The Morgan fingerprint density at radius 3 is 2.86 bits per heavy atom. The summed E-state index contributed by atoms with van der Waals surface area (Å²) in [6.07, 6.45) is 4.22. The molecule has 0 spiro atoms. The van der Waals surface area contributed by atoms with Crippen molar-refractivity contribution in [2.45, 2.75) is 19.6 Å². The zero-order valence-corrected chi connectivity index (χ0v) is 13.0. The van der Waals surface area contributed by atoms with Gasteiger partial charge in [0.1, 0.15) is 6.61 Å². The minimum Gasteiger partial charge on any atom is -0.445 e. The number of hydrogen-bond acceptors (Lipinski definition) is 4. The van der Waals surface area contributed by atoms with Crippen LogP contribution in [0.2, 0.25) is 0 Å². The van der Waals surface area contributed by atoms with Crippen molar-refractivity contribution in [3.63, 3.8) is 0 Å². The molecular weight excluding hydrogens is 298 g/mol. The molecule has 22 heavy (non-hydrogen) atoms. The van der Waals surface area contributed by atoms with E-state index >= 15 is 0 Å². The second-order valence-corrected chi connectivity index (χ2v) is 5.64. The Balaban J connectivity index is 1.63. The van der Waals surface area contributed by atoms with E-state index in [1.54, 1.807) is 0 Å². The standard InChI is InChI=1S/C17H19NO3S/c19-12-16-15(9-11-22-16)8-4-5-10-18-17(20)21-13-14-6-2-1-3-7-14/h1-4,6-9,11,19H,5,10,12-13H2,(H,18,20). The first-order chi connectivity index (χ1) is 10.8. The van der Waals surface area contributed by atoms with Crippen LogP contribution in [0.4, 0.5) is 4.79 Å². The molecule has 1 heterocycles. The van der Waals surface area contributed by atoms with Crippen LogP contribution in [-0.2, 0) is 18.0 Å². The van der Waals surface area contributed by atoms with E-state index in [4.69, 9.17) is 9.84 Å². The third-order valence-corrected chi connectivity index (χ3v) is 3.94. The van der Waals surface area contributed by atoms with Gasteiger partial charge in [0.05, 0.1) is 6.61 Å². The number of ether oxygens (including phenoxy) is 1. The molecule has 0 fully saturated rings. The fourth-order valence-corrected chi connectivity index (χ4v) is 2.60. The molecule has 4 nitrogen and oxygen atoms in total. The zero-order chi connectivity index (χ0) is 15.6. The predicted octanol–water partition coefficient (Wildman–Crippen LogP) is 3.57. The van der Waals surface area contributed by atoms with Crippen LogP contribution in [0.5, 0.6) is 0 Å². The molecular formula is C17H19NO3S. The lowest BCUT2D eigenvalue weighted by atomic mass is 10.2. The minimum absolute atomic E-state index is 0.0569. The van der Waals surface area contributed by atoms with Gasteiger partial charge in [-0.1, -0.05) is 42.5 Å². The van der Waals surface area contributed by atoms with Gasteiger partial charge < -0.3 is 15.2 Å². The highest BCUT2D eigenvalue weighted by Gasteiger charge is 2.01. The highest BCUT2D eigenvalue weighted by molar-refractivity contribution is 7.10. The molecule has 2 rings (SSSR count). The number of aliphatic hydroxyl groups is 1. The maximum Gasteiger partial charge on any atom is 0.407 e. The summed E-state index contributed by atoms with van der Waals surface area (Å²) in [6.45, 7) is 0.849. The Kier molecular flexibility index (Phi) is 6.67. The van der Waals surface area contributed by atoms with E-state index in [0.717, 1.165) is 16.0 Å². The van der Waals surface area contributed by atoms with E-state index in [1.807, 2.05) is 53.9 Å². The smallest absolute Gasteiger partial charge is 0.407 e. The SMILES string of the molecule is O=C(NCCC=Cc1ccsc1CO)OCc1ccccc1. The minimum atomic E-state index is -0.413. The van der Waals surface area contributed by atoms with Gasteiger partial charge in [-0.25, -0.2) is 4.79 Å². The molecule has 5 heteroatoms. The molecule has 0 aliphatic carbocycles. The summed E-state index contributed by atoms with van der Waals surface area (Å²) >= 11 is 1.53. The number of alkyl carbamates (subject to hydrolysis) is 1. The molecule has 0 radical (unpaired) electrons. The number of carbonyl (C=O) groups excluding carboxylic acids is 1. The summed E-state index contributed by atoms with van der Waals surface area (Å²) in [5.74, 6) is 0. The molecule has 0 bridgehead atoms. The molecule has 0 saturated heterocycles. The van der Waals surface area contributed by atoms with Crippen molar-refractivity contribution >= 4 is 23.5 Å². The van der Waals surface area contributed by atoms with E-state index < -0.39 is 6.09 Å². The summed E-state index contributed by atoms with van der Waals surface area (Å²) in [6, 6.07) is 11.5. The number of carbonyl (C=O) groups is 1. The van der Waals surface area contributed by atoms with Crippen LogP contribution in [0.1, 0.15) is 22.4 Å². The first-order valence-corrected chi connectivity index (χ1v) is 7.96. The first-order valence-electron chi connectivity index (χ1n) is 7.08. The average Bonchev–Trinajstić information content (AvgIpc) is 3.01. The van der Waals surface area contributed by atoms with Gasteiger partial charge in [0.2, 0.25) is 0 Å². The first kappa shape index (κ1) is 16.3. The lowest BCUT2D eigenvalue weighted by Gasteiger charge is -2.05. The van der Waals surface area contributed by atoms with Crippen LogP contribution in [0.3, 0.4) is 0 Å². The molecule has 1 aromatic heterocycles. The Morgan fingerprint density at radius 1 is 1.27 bits per heavy atom. The van der Waals surface area contributed by atoms with Crippen LogP contribution < -0.4 is 5.32 Å². The largest absolute Gasteiger partial charge is 0.445 e. The summed E-state index contributed by atoms with van der Waals surface area (Å²) in [7, 11) is 0. The maximum absolute atomic E-state index is 11.5. The third-order valence-electron chi connectivity index (χ3n) is 3.01. The molecule has 116 valence electrons. The van der Waals surface area contributed by atoms with Gasteiger partial charge in [-0.2, -0.15) is 0 Å².